The zero-order valence-corrected chi connectivity index (χ0v) is 11.6. The lowest BCUT2D eigenvalue weighted by Gasteiger charge is -2.19. The van der Waals surface area contributed by atoms with Crippen LogP contribution < -0.4 is 15.4 Å². The number of nitriles is 1. The maximum Gasteiger partial charge on any atom is 0.178 e. The summed E-state index contributed by atoms with van der Waals surface area (Å²) in [5.74, 6) is 0.650. The van der Waals surface area contributed by atoms with Crippen molar-refractivity contribution in [3.63, 3.8) is 0 Å². The van der Waals surface area contributed by atoms with E-state index in [4.69, 9.17) is 15.7 Å². The molecule has 0 aliphatic rings. The minimum Gasteiger partial charge on any atom is -0.486 e. The van der Waals surface area contributed by atoms with Crippen molar-refractivity contribution in [3.8, 4) is 11.8 Å². The summed E-state index contributed by atoms with van der Waals surface area (Å²) >= 11 is 1.39. The minimum atomic E-state index is 0.0484. The number of rotatable bonds is 5. The van der Waals surface area contributed by atoms with Gasteiger partial charge in [-0.25, -0.2) is 0 Å². The summed E-state index contributed by atoms with van der Waals surface area (Å²) in [6.45, 7) is 6.93. The van der Waals surface area contributed by atoms with Gasteiger partial charge >= 0.3 is 0 Å². The zero-order valence-electron chi connectivity index (χ0n) is 10.8. The summed E-state index contributed by atoms with van der Waals surface area (Å²) in [7, 11) is 1.99. The Labute approximate surface area is 107 Å². The van der Waals surface area contributed by atoms with E-state index < -0.39 is 0 Å². The molecule has 0 fully saturated rings. The van der Waals surface area contributed by atoms with Crippen LogP contribution in [-0.4, -0.2) is 19.7 Å². The van der Waals surface area contributed by atoms with E-state index in [1.807, 2.05) is 20.9 Å². The first-order valence-corrected chi connectivity index (χ1v) is 6.53. The SMILES string of the molecule is CCCN(C)c1sc(C#N)c(N)c1OC(C)C. The van der Waals surface area contributed by atoms with Gasteiger partial charge in [0.05, 0.1) is 6.10 Å². The molecule has 2 N–H and O–H groups in total. The second-order valence-corrected chi connectivity index (χ2v) is 5.18. The third-order valence-corrected chi connectivity index (χ3v) is 3.45. The molecule has 0 radical (unpaired) electrons. The highest BCUT2D eigenvalue weighted by molar-refractivity contribution is 7.17. The van der Waals surface area contributed by atoms with Crippen molar-refractivity contribution in [2.75, 3.05) is 24.2 Å². The van der Waals surface area contributed by atoms with Crippen LogP contribution in [0.2, 0.25) is 0 Å². The van der Waals surface area contributed by atoms with Crippen molar-refractivity contribution in [3.05, 3.63) is 4.88 Å². The van der Waals surface area contributed by atoms with E-state index in [-0.39, 0.29) is 6.10 Å². The molecule has 0 aliphatic heterocycles. The highest BCUT2D eigenvalue weighted by Crippen LogP contribution is 2.44. The maximum atomic E-state index is 9.01. The molecule has 0 amide bonds. The lowest BCUT2D eigenvalue weighted by Crippen LogP contribution is -2.18. The van der Waals surface area contributed by atoms with Gasteiger partial charge in [0.2, 0.25) is 0 Å². The predicted molar refractivity (Wildman–Crippen MR) is 72.8 cm³/mol. The Morgan fingerprint density at radius 1 is 1.53 bits per heavy atom. The smallest absolute Gasteiger partial charge is 0.178 e. The first-order chi connectivity index (χ1) is 8.01. The van der Waals surface area contributed by atoms with Gasteiger partial charge < -0.3 is 15.4 Å². The van der Waals surface area contributed by atoms with Gasteiger partial charge in [-0.2, -0.15) is 5.26 Å². The second kappa shape index (κ2) is 5.78. The molecule has 1 aromatic heterocycles. The summed E-state index contributed by atoms with van der Waals surface area (Å²) in [5, 5.41) is 9.95. The number of hydrogen-bond acceptors (Lipinski definition) is 5. The van der Waals surface area contributed by atoms with Crippen molar-refractivity contribution >= 4 is 22.0 Å². The van der Waals surface area contributed by atoms with Gasteiger partial charge in [0.15, 0.2) is 5.75 Å². The van der Waals surface area contributed by atoms with E-state index in [9.17, 15) is 0 Å². The fourth-order valence-corrected chi connectivity index (χ4v) is 2.48. The van der Waals surface area contributed by atoms with Crippen LogP contribution in [0.1, 0.15) is 32.1 Å². The molecule has 0 spiro atoms. The molecule has 1 rings (SSSR count). The summed E-state index contributed by atoms with van der Waals surface area (Å²) in [6.07, 6.45) is 1.09. The molecule has 17 heavy (non-hydrogen) atoms. The van der Waals surface area contributed by atoms with Gasteiger partial charge in [0.1, 0.15) is 21.6 Å². The lowest BCUT2D eigenvalue weighted by molar-refractivity contribution is 0.245. The Morgan fingerprint density at radius 3 is 2.65 bits per heavy atom. The average Bonchev–Trinajstić information content (AvgIpc) is 2.56. The Kier molecular flexibility index (Phi) is 4.64. The van der Waals surface area contributed by atoms with Crippen LogP contribution in [0, 0.1) is 11.3 Å². The van der Waals surface area contributed by atoms with Crippen LogP contribution in [-0.2, 0) is 0 Å². The zero-order chi connectivity index (χ0) is 13.0. The van der Waals surface area contributed by atoms with Crippen molar-refractivity contribution in [2.45, 2.75) is 33.3 Å². The number of anilines is 2. The largest absolute Gasteiger partial charge is 0.486 e. The average molecular weight is 253 g/mol. The summed E-state index contributed by atoms with van der Waals surface area (Å²) in [5.41, 5.74) is 6.40. The maximum absolute atomic E-state index is 9.01. The number of nitrogen functional groups attached to an aromatic ring is 1. The molecule has 5 heteroatoms. The van der Waals surface area contributed by atoms with E-state index >= 15 is 0 Å². The molecular formula is C12H19N3OS. The number of ether oxygens (including phenoxy) is 1. The molecule has 4 nitrogen and oxygen atoms in total. The summed E-state index contributed by atoms with van der Waals surface area (Å²) < 4.78 is 5.72. The van der Waals surface area contributed by atoms with E-state index in [1.54, 1.807) is 0 Å². The summed E-state index contributed by atoms with van der Waals surface area (Å²) in [6, 6.07) is 2.11. The number of nitrogens with two attached hydrogens (primary N) is 1. The molecular weight excluding hydrogens is 234 g/mol. The second-order valence-electron chi connectivity index (χ2n) is 4.18. The Balaban J connectivity index is 3.14. The third kappa shape index (κ3) is 3.04. The fraction of sp³-hybridized carbons (Fsp3) is 0.583. The molecule has 0 saturated carbocycles. The molecule has 0 bridgehead atoms. The minimum absolute atomic E-state index is 0.0484. The van der Waals surface area contributed by atoms with Crippen LogP contribution in [0.4, 0.5) is 10.7 Å². The van der Waals surface area contributed by atoms with Gasteiger partial charge in [-0.15, -0.1) is 11.3 Å². The van der Waals surface area contributed by atoms with E-state index in [0.717, 1.165) is 18.0 Å². The van der Waals surface area contributed by atoms with Gasteiger partial charge in [0, 0.05) is 13.6 Å². The van der Waals surface area contributed by atoms with Crippen molar-refractivity contribution < 1.29 is 4.74 Å². The molecule has 1 aromatic rings. The lowest BCUT2D eigenvalue weighted by atomic mass is 10.3. The van der Waals surface area contributed by atoms with E-state index in [0.29, 0.717) is 16.3 Å². The molecule has 0 unspecified atom stereocenters. The van der Waals surface area contributed by atoms with Gasteiger partial charge in [-0.1, -0.05) is 6.92 Å². The van der Waals surface area contributed by atoms with Gasteiger partial charge in [-0.3, -0.25) is 0 Å². The van der Waals surface area contributed by atoms with Crippen LogP contribution in [0.3, 0.4) is 0 Å². The van der Waals surface area contributed by atoms with Crippen LogP contribution >= 0.6 is 11.3 Å². The van der Waals surface area contributed by atoms with Gasteiger partial charge in [-0.05, 0) is 20.3 Å². The van der Waals surface area contributed by atoms with Crippen molar-refractivity contribution in [1.29, 1.82) is 5.26 Å². The Morgan fingerprint density at radius 2 is 2.18 bits per heavy atom. The monoisotopic (exact) mass is 253 g/mol. The van der Waals surface area contributed by atoms with Crippen molar-refractivity contribution in [1.82, 2.24) is 0 Å². The molecule has 0 aliphatic carbocycles. The van der Waals surface area contributed by atoms with Crippen molar-refractivity contribution in [2.24, 2.45) is 0 Å². The first kappa shape index (κ1) is 13.7. The molecule has 94 valence electrons. The Bertz CT molecular complexity index is 420. The topological polar surface area (TPSA) is 62.3 Å². The molecule has 1 heterocycles. The van der Waals surface area contributed by atoms with Crippen LogP contribution in [0.5, 0.6) is 5.75 Å². The molecule has 0 aromatic carbocycles. The predicted octanol–water partition coefficient (Wildman–Crippen LogP) is 2.84. The summed E-state index contributed by atoms with van der Waals surface area (Å²) in [4.78, 5) is 2.61. The van der Waals surface area contributed by atoms with Crippen LogP contribution in [0.25, 0.3) is 0 Å². The van der Waals surface area contributed by atoms with E-state index in [2.05, 4.69) is 17.9 Å². The number of thiophene rings is 1. The highest BCUT2D eigenvalue weighted by Gasteiger charge is 2.20. The molecule has 0 saturated heterocycles. The number of hydrogen-bond donors (Lipinski definition) is 1. The standard InChI is InChI=1S/C12H19N3OS/c1-5-6-15(4)12-11(16-8(2)3)10(14)9(7-13)17-12/h8H,5-6,14H2,1-4H3. The third-order valence-electron chi connectivity index (χ3n) is 2.24. The fourth-order valence-electron chi connectivity index (χ4n) is 1.54. The first-order valence-electron chi connectivity index (χ1n) is 5.71. The quantitative estimate of drug-likeness (QED) is 0.876. The van der Waals surface area contributed by atoms with Crippen LogP contribution in [0.15, 0.2) is 0 Å². The Hall–Kier alpha value is -1.41. The van der Waals surface area contributed by atoms with E-state index in [1.165, 1.54) is 11.3 Å². The highest BCUT2D eigenvalue weighted by atomic mass is 32.1. The number of nitrogens with zero attached hydrogens (tertiary/aromatic N) is 2. The normalized spacial score (nSPS) is 10.4. The molecule has 0 atom stereocenters. The van der Waals surface area contributed by atoms with Gasteiger partial charge in [0.25, 0.3) is 0 Å².